The number of nitrogens with zero attached hydrogens (tertiary/aromatic N) is 3. The molecule has 32 heavy (non-hydrogen) atoms. The first kappa shape index (κ1) is 21.5. The maximum atomic E-state index is 12.0. The minimum Gasteiger partial charge on any atom is -0.457 e. The molecule has 0 aliphatic carbocycles. The van der Waals surface area contributed by atoms with Gasteiger partial charge in [0.15, 0.2) is 4.34 Å². The van der Waals surface area contributed by atoms with E-state index in [1.165, 1.54) is 42.2 Å². The van der Waals surface area contributed by atoms with E-state index in [0.717, 1.165) is 20.1 Å². The first-order chi connectivity index (χ1) is 15.6. The van der Waals surface area contributed by atoms with Crippen LogP contribution in [0, 0.1) is 10.1 Å². The van der Waals surface area contributed by atoms with E-state index in [2.05, 4.69) is 15.5 Å². The lowest BCUT2D eigenvalue weighted by molar-refractivity contribution is -0.384. The summed E-state index contributed by atoms with van der Waals surface area (Å²) >= 11 is 2.93. The molecule has 8 nitrogen and oxygen atoms in total. The Morgan fingerprint density at radius 3 is 2.47 bits per heavy atom. The number of para-hydroxylation sites is 1. The van der Waals surface area contributed by atoms with Gasteiger partial charge in [-0.2, -0.15) is 5.10 Å². The second-order valence-corrected chi connectivity index (χ2v) is 8.70. The molecule has 3 aromatic carbocycles. The van der Waals surface area contributed by atoms with Gasteiger partial charge in [-0.3, -0.25) is 14.9 Å². The number of fused-ring (bicyclic) bond motifs is 1. The number of amides is 1. The number of nitrogens with one attached hydrogen (secondary N) is 1. The smallest absolute Gasteiger partial charge is 0.269 e. The number of ether oxygens (including phenoxy) is 1. The first-order valence-electron chi connectivity index (χ1n) is 9.39. The van der Waals surface area contributed by atoms with E-state index in [9.17, 15) is 14.9 Å². The van der Waals surface area contributed by atoms with Crippen LogP contribution in [0.15, 0.2) is 82.2 Å². The van der Waals surface area contributed by atoms with Crippen molar-refractivity contribution in [2.75, 3.05) is 5.75 Å². The van der Waals surface area contributed by atoms with Gasteiger partial charge in [-0.25, -0.2) is 10.4 Å². The van der Waals surface area contributed by atoms with Crippen molar-refractivity contribution < 1.29 is 14.5 Å². The number of hydrogen-bond donors (Lipinski definition) is 1. The summed E-state index contributed by atoms with van der Waals surface area (Å²) in [6, 6.07) is 20.7. The minimum absolute atomic E-state index is 0.00411. The van der Waals surface area contributed by atoms with Gasteiger partial charge in [-0.1, -0.05) is 23.9 Å². The van der Waals surface area contributed by atoms with Gasteiger partial charge < -0.3 is 4.74 Å². The van der Waals surface area contributed by atoms with Gasteiger partial charge in [0, 0.05) is 12.1 Å². The van der Waals surface area contributed by atoms with Crippen LogP contribution in [0.3, 0.4) is 0 Å². The highest BCUT2D eigenvalue weighted by Gasteiger charge is 2.07. The van der Waals surface area contributed by atoms with Crippen molar-refractivity contribution in [3.8, 4) is 11.5 Å². The van der Waals surface area contributed by atoms with Crippen molar-refractivity contribution in [1.82, 2.24) is 10.4 Å². The number of thioether (sulfide) groups is 1. The lowest BCUT2D eigenvalue weighted by Crippen LogP contribution is -2.19. The predicted molar refractivity (Wildman–Crippen MR) is 126 cm³/mol. The molecule has 0 fully saturated rings. The molecular weight excluding hydrogens is 448 g/mol. The summed E-state index contributed by atoms with van der Waals surface area (Å²) in [5, 5.41) is 14.7. The fraction of sp³-hybridized carbons (Fsp3) is 0.0455. The maximum absolute atomic E-state index is 12.0. The molecule has 0 atom stereocenters. The summed E-state index contributed by atoms with van der Waals surface area (Å²) in [7, 11) is 0. The number of nitro benzene ring substituents is 1. The molecule has 0 spiro atoms. The summed E-state index contributed by atoms with van der Waals surface area (Å²) in [6.07, 6.45) is 1.54. The van der Waals surface area contributed by atoms with Gasteiger partial charge in [0.05, 0.1) is 27.1 Å². The SMILES string of the molecule is O=C(CSc1nc2ccccc2s1)N/N=C/c1ccc(Oc2ccc([N+](=O)[O-])cc2)cc1. The van der Waals surface area contributed by atoms with E-state index >= 15 is 0 Å². The van der Waals surface area contributed by atoms with Crippen LogP contribution in [-0.2, 0) is 4.79 Å². The highest BCUT2D eigenvalue weighted by molar-refractivity contribution is 8.01. The van der Waals surface area contributed by atoms with Gasteiger partial charge in [0.1, 0.15) is 11.5 Å². The number of non-ortho nitro benzene ring substituents is 1. The van der Waals surface area contributed by atoms with Crippen molar-refractivity contribution in [3.05, 3.63) is 88.5 Å². The molecule has 1 aromatic heterocycles. The Balaban J connectivity index is 1.25. The van der Waals surface area contributed by atoms with Crippen molar-refractivity contribution in [1.29, 1.82) is 0 Å². The molecule has 4 rings (SSSR count). The van der Waals surface area contributed by atoms with E-state index in [-0.39, 0.29) is 17.3 Å². The van der Waals surface area contributed by atoms with E-state index < -0.39 is 4.92 Å². The number of carbonyl (C=O) groups excluding carboxylic acids is 1. The topological polar surface area (TPSA) is 107 Å². The Morgan fingerprint density at radius 1 is 1.09 bits per heavy atom. The fourth-order valence-corrected chi connectivity index (χ4v) is 4.51. The van der Waals surface area contributed by atoms with Crippen LogP contribution in [0.4, 0.5) is 5.69 Å². The van der Waals surface area contributed by atoms with Crippen LogP contribution in [0.2, 0.25) is 0 Å². The minimum atomic E-state index is -0.462. The lowest BCUT2D eigenvalue weighted by atomic mass is 10.2. The Labute approximate surface area is 191 Å². The molecule has 0 radical (unpaired) electrons. The van der Waals surface area contributed by atoms with E-state index in [1.54, 1.807) is 35.6 Å². The second kappa shape index (κ2) is 10.0. The number of thiazole rings is 1. The molecule has 0 bridgehead atoms. The zero-order chi connectivity index (χ0) is 22.3. The monoisotopic (exact) mass is 464 g/mol. The standard InChI is InChI=1S/C22H16N4O4S2/c27-21(14-31-22-24-19-3-1-2-4-20(19)32-22)25-23-13-15-5-9-17(10-6-15)30-18-11-7-16(8-12-18)26(28)29/h1-13H,14H2,(H,25,27)/b23-13+. The van der Waals surface area contributed by atoms with Crippen LogP contribution in [0.25, 0.3) is 10.2 Å². The van der Waals surface area contributed by atoms with Gasteiger partial charge >= 0.3 is 0 Å². The molecule has 0 aliphatic rings. The fourth-order valence-electron chi connectivity index (χ4n) is 2.65. The van der Waals surface area contributed by atoms with Gasteiger partial charge in [-0.05, 0) is 54.1 Å². The summed E-state index contributed by atoms with van der Waals surface area (Å²) in [5.74, 6) is 1.07. The summed E-state index contributed by atoms with van der Waals surface area (Å²) < 4.78 is 7.60. The highest BCUT2D eigenvalue weighted by Crippen LogP contribution is 2.29. The Hall–Kier alpha value is -3.76. The molecule has 1 heterocycles. The molecule has 0 saturated carbocycles. The zero-order valence-electron chi connectivity index (χ0n) is 16.5. The number of carbonyl (C=O) groups is 1. The number of aromatic nitrogens is 1. The Bertz CT molecular complexity index is 1240. The number of rotatable bonds is 8. The first-order valence-corrected chi connectivity index (χ1v) is 11.2. The van der Waals surface area contributed by atoms with Crippen LogP contribution in [0.1, 0.15) is 5.56 Å². The zero-order valence-corrected chi connectivity index (χ0v) is 18.1. The number of hydrazone groups is 1. The van der Waals surface area contributed by atoms with Crippen LogP contribution < -0.4 is 10.2 Å². The molecule has 4 aromatic rings. The molecule has 10 heteroatoms. The Morgan fingerprint density at radius 2 is 1.78 bits per heavy atom. The average molecular weight is 465 g/mol. The number of nitro groups is 1. The second-order valence-electron chi connectivity index (χ2n) is 6.45. The third-order valence-electron chi connectivity index (χ3n) is 4.17. The van der Waals surface area contributed by atoms with Crippen LogP contribution in [-0.4, -0.2) is 27.8 Å². The molecule has 1 amide bonds. The summed E-state index contributed by atoms with van der Waals surface area (Å²) in [6.45, 7) is 0. The Kier molecular flexibility index (Phi) is 6.73. The van der Waals surface area contributed by atoms with Crippen molar-refractivity contribution in [3.63, 3.8) is 0 Å². The van der Waals surface area contributed by atoms with Crippen LogP contribution >= 0.6 is 23.1 Å². The largest absolute Gasteiger partial charge is 0.457 e. The maximum Gasteiger partial charge on any atom is 0.269 e. The molecular formula is C22H16N4O4S2. The third-order valence-corrected chi connectivity index (χ3v) is 6.35. The van der Waals surface area contributed by atoms with E-state index in [0.29, 0.717) is 11.5 Å². The van der Waals surface area contributed by atoms with Gasteiger partial charge in [-0.15, -0.1) is 11.3 Å². The lowest BCUT2D eigenvalue weighted by Gasteiger charge is -2.05. The predicted octanol–water partition coefficient (Wildman–Crippen LogP) is 5.24. The highest BCUT2D eigenvalue weighted by atomic mass is 32.2. The molecule has 160 valence electrons. The average Bonchev–Trinajstić information content (AvgIpc) is 3.22. The quantitative estimate of drug-likeness (QED) is 0.165. The van der Waals surface area contributed by atoms with E-state index in [4.69, 9.17) is 4.74 Å². The van der Waals surface area contributed by atoms with Crippen molar-refractivity contribution in [2.24, 2.45) is 5.10 Å². The van der Waals surface area contributed by atoms with Gasteiger partial charge in [0.2, 0.25) is 0 Å². The van der Waals surface area contributed by atoms with Crippen LogP contribution in [0.5, 0.6) is 11.5 Å². The normalized spacial score (nSPS) is 11.0. The van der Waals surface area contributed by atoms with Crippen molar-refractivity contribution in [2.45, 2.75) is 4.34 Å². The molecule has 1 N–H and O–H groups in total. The summed E-state index contributed by atoms with van der Waals surface area (Å²) in [4.78, 5) is 26.7. The summed E-state index contributed by atoms with van der Waals surface area (Å²) in [5.41, 5.74) is 4.22. The number of hydrogen-bond acceptors (Lipinski definition) is 8. The molecule has 0 unspecified atom stereocenters. The number of benzene rings is 3. The third kappa shape index (κ3) is 5.68. The molecule has 0 saturated heterocycles. The molecule has 0 aliphatic heterocycles. The van der Waals surface area contributed by atoms with Gasteiger partial charge in [0.25, 0.3) is 11.6 Å². The van der Waals surface area contributed by atoms with E-state index in [1.807, 2.05) is 24.3 Å². The van der Waals surface area contributed by atoms with Crippen molar-refractivity contribution >= 4 is 51.1 Å².